The molecule has 0 saturated carbocycles. The molecule has 0 spiro atoms. The molecule has 0 bridgehead atoms. The molecule has 0 aliphatic rings. The first-order valence-electron chi connectivity index (χ1n) is 8.50. The van der Waals surface area contributed by atoms with Gasteiger partial charge in [0.15, 0.2) is 0 Å². The van der Waals surface area contributed by atoms with Gasteiger partial charge in [-0.15, -0.1) is 0 Å². The van der Waals surface area contributed by atoms with Gasteiger partial charge in [-0.3, -0.25) is 4.79 Å². The molecule has 4 N–H and O–H groups in total. The first kappa shape index (κ1) is 21.5. The molecule has 25 heavy (non-hydrogen) atoms. The molecule has 0 aromatic heterocycles. The van der Waals surface area contributed by atoms with Gasteiger partial charge < -0.3 is 11.1 Å². The Bertz CT molecular complexity index is 665. The SMILES string of the molecule is CCCCC(CN)NC(=O)C(NS(=O)(=O)c1ccccc1F)C(C)C. The van der Waals surface area contributed by atoms with Gasteiger partial charge in [0.2, 0.25) is 15.9 Å². The molecule has 1 amide bonds. The Kier molecular flexibility index (Phi) is 8.47. The maximum absolute atomic E-state index is 13.8. The van der Waals surface area contributed by atoms with Crippen molar-refractivity contribution < 1.29 is 17.6 Å². The molecular formula is C17H28FN3O3S. The van der Waals surface area contributed by atoms with Gasteiger partial charge in [0.1, 0.15) is 16.8 Å². The van der Waals surface area contributed by atoms with Crippen LogP contribution in [-0.4, -0.2) is 33.0 Å². The van der Waals surface area contributed by atoms with Gasteiger partial charge in [-0.1, -0.05) is 45.7 Å². The van der Waals surface area contributed by atoms with Crippen molar-refractivity contribution in [2.75, 3.05) is 6.54 Å². The van der Waals surface area contributed by atoms with E-state index in [-0.39, 0.29) is 18.5 Å². The first-order valence-corrected chi connectivity index (χ1v) is 9.98. The van der Waals surface area contributed by atoms with Crippen molar-refractivity contribution in [3.05, 3.63) is 30.1 Å². The third-order valence-electron chi connectivity index (χ3n) is 3.89. The first-order chi connectivity index (χ1) is 11.7. The molecule has 142 valence electrons. The molecule has 0 heterocycles. The second-order valence-electron chi connectivity index (χ2n) is 6.36. The predicted octanol–water partition coefficient (Wildman–Crippen LogP) is 1.76. The Hall–Kier alpha value is -1.51. The summed E-state index contributed by atoms with van der Waals surface area (Å²) in [5.74, 6) is -1.63. The van der Waals surface area contributed by atoms with E-state index < -0.39 is 32.7 Å². The lowest BCUT2D eigenvalue weighted by atomic mass is 10.0. The van der Waals surface area contributed by atoms with Crippen LogP contribution in [0.5, 0.6) is 0 Å². The van der Waals surface area contributed by atoms with Crippen LogP contribution in [0.4, 0.5) is 4.39 Å². The number of nitrogens with one attached hydrogen (secondary N) is 2. The van der Waals surface area contributed by atoms with Gasteiger partial charge >= 0.3 is 0 Å². The second kappa shape index (κ2) is 9.84. The minimum Gasteiger partial charge on any atom is -0.351 e. The zero-order chi connectivity index (χ0) is 19.0. The van der Waals surface area contributed by atoms with Crippen LogP contribution in [0, 0.1) is 11.7 Å². The number of rotatable bonds is 10. The van der Waals surface area contributed by atoms with Crippen LogP contribution < -0.4 is 15.8 Å². The van der Waals surface area contributed by atoms with Crippen molar-refractivity contribution in [1.29, 1.82) is 0 Å². The van der Waals surface area contributed by atoms with E-state index >= 15 is 0 Å². The van der Waals surface area contributed by atoms with Crippen LogP contribution in [0.25, 0.3) is 0 Å². The topological polar surface area (TPSA) is 101 Å². The maximum atomic E-state index is 13.8. The zero-order valence-corrected chi connectivity index (χ0v) is 15.8. The number of sulfonamides is 1. The van der Waals surface area contributed by atoms with Gasteiger partial charge in [0.05, 0.1) is 0 Å². The van der Waals surface area contributed by atoms with E-state index in [1.807, 2.05) is 6.92 Å². The van der Waals surface area contributed by atoms with Crippen molar-refractivity contribution >= 4 is 15.9 Å². The predicted molar refractivity (Wildman–Crippen MR) is 95.9 cm³/mol. The molecule has 1 aromatic rings. The molecule has 8 heteroatoms. The Labute approximate surface area is 149 Å². The van der Waals surface area contributed by atoms with E-state index in [4.69, 9.17) is 5.73 Å². The number of nitrogens with two attached hydrogens (primary N) is 1. The molecular weight excluding hydrogens is 345 g/mol. The van der Waals surface area contributed by atoms with E-state index in [0.717, 1.165) is 31.4 Å². The Morgan fingerprint density at radius 1 is 1.28 bits per heavy atom. The number of halogens is 1. The van der Waals surface area contributed by atoms with Crippen LogP contribution in [0.3, 0.4) is 0 Å². The van der Waals surface area contributed by atoms with Crippen LogP contribution in [-0.2, 0) is 14.8 Å². The highest BCUT2D eigenvalue weighted by Gasteiger charge is 2.30. The summed E-state index contributed by atoms with van der Waals surface area (Å²) in [5, 5.41) is 2.79. The number of amides is 1. The van der Waals surface area contributed by atoms with Crippen LogP contribution in [0.15, 0.2) is 29.2 Å². The number of hydrogen-bond donors (Lipinski definition) is 3. The smallest absolute Gasteiger partial charge is 0.244 e. The normalized spacial score (nSPS) is 14.3. The van der Waals surface area contributed by atoms with Crippen molar-refractivity contribution in [3.63, 3.8) is 0 Å². The standard InChI is InChI=1S/C17H28FN3O3S/c1-4-5-8-13(11-19)20-17(22)16(12(2)3)21-25(23,24)15-10-7-6-9-14(15)18/h6-7,9-10,12-13,16,21H,4-5,8,11,19H2,1-3H3,(H,20,22). The minimum absolute atomic E-state index is 0.216. The van der Waals surface area contributed by atoms with Crippen LogP contribution in [0.2, 0.25) is 0 Å². The summed E-state index contributed by atoms with van der Waals surface area (Å²) in [7, 11) is -4.16. The molecule has 0 fully saturated rings. The molecule has 6 nitrogen and oxygen atoms in total. The summed E-state index contributed by atoms with van der Waals surface area (Å²) in [5.41, 5.74) is 5.67. The van der Waals surface area contributed by atoms with Crippen LogP contribution >= 0.6 is 0 Å². The Morgan fingerprint density at radius 2 is 1.92 bits per heavy atom. The van der Waals surface area contributed by atoms with Gasteiger partial charge in [-0.25, -0.2) is 12.8 Å². The molecule has 0 saturated heterocycles. The largest absolute Gasteiger partial charge is 0.351 e. The summed E-state index contributed by atoms with van der Waals surface area (Å²) < 4.78 is 41.0. The molecule has 2 atom stereocenters. The van der Waals surface area contributed by atoms with E-state index in [1.165, 1.54) is 12.1 Å². The highest BCUT2D eigenvalue weighted by atomic mass is 32.2. The average Bonchev–Trinajstić information content (AvgIpc) is 2.56. The third-order valence-corrected chi connectivity index (χ3v) is 5.37. The minimum atomic E-state index is -4.16. The molecule has 1 rings (SSSR count). The van der Waals surface area contributed by atoms with E-state index in [2.05, 4.69) is 10.0 Å². The number of carbonyl (C=O) groups excluding carboxylic acids is 1. The lowest BCUT2D eigenvalue weighted by Crippen LogP contribution is -2.53. The quantitative estimate of drug-likeness (QED) is 0.582. The number of benzene rings is 1. The monoisotopic (exact) mass is 373 g/mol. The number of unbranched alkanes of at least 4 members (excludes halogenated alkanes) is 1. The highest BCUT2D eigenvalue weighted by Crippen LogP contribution is 2.15. The van der Waals surface area contributed by atoms with E-state index in [0.29, 0.717) is 0 Å². The zero-order valence-electron chi connectivity index (χ0n) is 15.0. The highest BCUT2D eigenvalue weighted by molar-refractivity contribution is 7.89. The number of hydrogen-bond acceptors (Lipinski definition) is 4. The Morgan fingerprint density at radius 3 is 2.44 bits per heavy atom. The summed E-state index contributed by atoms with van der Waals surface area (Å²) in [6, 6.07) is 3.83. The van der Waals surface area contributed by atoms with E-state index in [9.17, 15) is 17.6 Å². The number of carbonyl (C=O) groups is 1. The summed E-state index contributed by atoms with van der Waals surface area (Å²) in [6.07, 6.45) is 2.61. The third kappa shape index (κ3) is 6.37. The van der Waals surface area contributed by atoms with Crippen molar-refractivity contribution in [1.82, 2.24) is 10.0 Å². The molecule has 0 radical (unpaired) electrons. The second-order valence-corrected chi connectivity index (χ2v) is 8.04. The fourth-order valence-corrected chi connectivity index (χ4v) is 3.80. The summed E-state index contributed by atoms with van der Waals surface area (Å²) in [6.45, 7) is 5.75. The maximum Gasteiger partial charge on any atom is 0.244 e. The van der Waals surface area contributed by atoms with Gasteiger partial charge in [-0.05, 0) is 24.5 Å². The lowest BCUT2D eigenvalue weighted by Gasteiger charge is -2.25. The molecule has 0 aliphatic carbocycles. The van der Waals surface area contributed by atoms with Gasteiger partial charge in [-0.2, -0.15) is 4.72 Å². The molecule has 2 unspecified atom stereocenters. The average molecular weight is 373 g/mol. The fourth-order valence-electron chi connectivity index (χ4n) is 2.38. The van der Waals surface area contributed by atoms with Crippen LogP contribution in [0.1, 0.15) is 40.0 Å². The van der Waals surface area contributed by atoms with E-state index in [1.54, 1.807) is 13.8 Å². The Balaban J connectivity index is 2.93. The fraction of sp³-hybridized carbons (Fsp3) is 0.588. The van der Waals surface area contributed by atoms with Gasteiger partial charge in [0.25, 0.3) is 0 Å². The molecule has 0 aliphatic heterocycles. The lowest BCUT2D eigenvalue weighted by molar-refractivity contribution is -0.124. The summed E-state index contributed by atoms with van der Waals surface area (Å²) >= 11 is 0. The van der Waals surface area contributed by atoms with Crippen molar-refractivity contribution in [2.45, 2.75) is 57.0 Å². The van der Waals surface area contributed by atoms with Crippen molar-refractivity contribution in [3.8, 4) is 0 Å². The van der Waals surface area contributed by atoms with Crippen molar-refractivity contribution in [2.24, 2.45) is 11.7 Å². The summed E-state index contributed by atoms with van der Waals surface area (Å²) in [4.78, 5) is 12.0. The molecule has 1 aromatic carbocycles. The van der Waals surface area contributed by atoms with Gasteiger partial charge in [0, 0.05) is 12.6 Å².